The molecule has 6 nitrogen and oxygen atoms in total. The zero-order valence-corrected chi connectivity index (χ0v) is 18.1. The molecule has 0 fully saturated rings. The second-order valence-electron chi connectivity index (χ2n) is 6.75. The first-order chi connectivity index (χ1) is 15.7. The van der Waals surface area contributed by atoms with E-state index in [9.17, 15) is 31.5 Å². The number of anilines is 1. The number of halogens is 3. The van der Waals surface area contributed by atoms with E-state index in [0.717, 1.165) is 11.3 Å². The van der Waals surface area contributed by atoms with Crippen molar-refractivity contribution < 1.29 is 31.5 Å². The summed E-state index contributed by atoms with van der Waals surface area (Å²) in [6.07, 6.45) is 2.65. The number of ketones is 1. The van der Waals surface area contributed by atoms with E-state index in [1.807, 2.05) is 0 Å². The highest BCUT2D eigenvalue weighted by Gasteiger charge is 2.24. The number of carbonyl (C=O) groups is 1. The number of sulfonamides is 1. The topological polar surface area (TPSA) is 96.4 Å². The Hall–Kier alpha value is -3.70. The van der Waals surface area contributed by atoms with Gasteiger partial charge in [0.25, 0.3) is 10.0 Å². The fraction of sp³-hybridized carbons (Fsp3) is 0. The lowest BCUT2D eigenvalue weighted by Gasteiger charge is -2.09. The van der Waals surface area contributed by atoms with Crippen molar-refractivity contribution in [2.45, 2.75) is 4.90 Å². The van der Waals surface area contributed by atoms with Crippen LogP contribution in [-0.4, -0.2) is 24.3 Å². The van der Waals surface area contributed by atoms with Crippen LogP contribution in [0.5, 0.6) is 5.75 Å². The first-order valence-corrected chi connectivity index (χ1v) is 11.5. The minimum atomic E-state index is -3.87. The largest absolute Gasteiger partial charge is 0.503 e. The monoisotopic (exact) mass is 490 g/mol. The van der Waals surface area contributed by atoms with E-state index in [0.29, 0.717) is 16.5 Å². The average Bonchev–Trinajstić information content (AvgIpc) is 3.30. The molecular formula is C22H13F3N2O4S2. The summed E-state index contributed by atoms with van der Waals surface area (Å²) in [6, 6.07) is 12.5. The number of pyridine rings is 1. The fourth-order valence-electron chi connectivity index (χ4n) is 2.96. The van der Waals surface area contributed by atoms with Gasteiger partial charge in [-0.15, -0.1) is 11.3 Å². The SMILES string of the molecule is O=C(c1ccc(-c2cccc(NS(=O)(=O)c3cccnc3)c2)s1)c1cc(F)c(F)c(O)c1F. The van der Waals surface area contributed by atoms with Crippen molar-refractivity contribution in [3.05, 3.63) is 94.9 Å². The quantitative estimate of drug-likeness (QED) is 0.294. The molecule has 0 saturated carbocycles. The number of phenolic OH excluding ortho intramolecular Hbond substituents is 1. The second-order valence-corrected chi connectivity index (χ2v) is 9.52. The Kier molecular flexibility index (Phi) is 5.91. The molecule has 0 spiro atoms. The van der Waals surface area contributed by atoms with E-state index in [4.69, 9.17) is 0 Å². The van der Waals surface area contributed by atoms with E-state index in [1.54, 1.807) is 18.2 Å². The number of rotatable bonds is 6. The fourth-order valence-corrected chi connectivity index (χ4v) is 4.93. The molecule has 2 N–H and O–H groups in total. The first kappa shape index (κ1) is 22.5. The molecule has 0 unspecified atom stereocenters. The predicted molar refractivity (Wildman–Crippen MR) is 116 cm³/mol. The number of benzene rings is 2. The zero-order valence-electron chi connectivity index (χ0n) is 16.4. The van der Waals surface area contributed by atoms with Crippen LogP contribution in [0.2, 0.25) is 0 Å². The van der Waals surface area contributed by atoms with Gasteiger partial charge in [0, 0.05) is 23.0 Å². The van der Waals surface area contributed by atoms with Gasteiger partial charge >= 0.3 is 0 Å². The molecule has 0 aliphatic rings. The van der Waals surface area contributed by atoms with Crippen LogP contribution < -0.4 is 4.72 Å². The van der Waals surface area contributed by atoms with Gasteiger partial charge < -0.3 is 5.11 Å². The van der Waals surface area contributed by atoms with Gasteiger partial charge in [0.2, 0.25) is 11.6 Å². The summed E-state index contributed by atoms with van der Waals surface area (Å²) in [5, 5.41) is 9.35. The summed E-state index contributed by atoms with van der Waals surface area (Å²) in [6.45, 7) is 0. The van der Waals surface area contributed by atoms with Gasteiger partial charge in [-0.1, -0.05) is 12.1 Å². The molecule has 0 aliphatic heterocycles. The maximum absolute atomic E-state index is 14.1. The van der Waals surface area contributed by atoms with E-state index in [1.165, 1.54) is 42.7 Å². The molecule has 168 valence electrons. The van der Waals surface area contributed by atoms with Gasteiger partial charge in [0.05, 0.1) is 10.4 Å². The lowest BCUT2D eigenvalue weighted by atomic mass is 10.1. The lowest BCUT2D eigenvalue weighted by molar-refractivity contribution is 0.103. The van der Waals surface area contributed by atoms with Crippen molar-refractivity contribution in [2.75, 3.05) is 4.72 Å². The number of hydrogen-bond acceptors (Lipinski definition) is 6. The van der Waals surface area contributed by atoms with Crippen LogP contribution >= 0.6 is 11.3 Å². The highest BCUT2D eigenvalue weighted by molar-refractivity contribution is 7.92. The van der Waals surface area contributed by atoms with Gasteiger partial charge in [0.1, 0.15) is 4.90 Å². The maximum Gasteiger partial charge on any atom is 0.263 e. The van der Waals surface area contributed by atoms with Crippen molar-refractivity contribution >= 4 is 32.8 Å². The third kappa shape index (κ3) is 4.45. The van der Waals surface area contributed by atoms with E-state index in [2.05, 4.69) is 9.71 Å². The standard InChI is InChI=1S/C22H13F3N2O4S2/c23-16-10-15(19(24)22(29)20(16)25)21(28)18-7-6-17(32-18)12-3-1-4-13(9-12)27-33(30,31)14-5-2-8-26-11-14/h1-11,27,29H. The summed E-state index contributed by atoms with van der Waals surface area (Å²) in [4.78, 5) is 16.9. The van der Waals surface area contributed by atoms with Gasteiger partial charge in [0.15, 0.2) is 17.4 Å². The second kappa shape index (κ2) is 8.68. The normalized spacial score (nSPS) is 11.4. The van der Waals surface area contributed by atoms with Crippen LogP contribution in [0.4, 0.5) is 18.9 Å². The molecule has 0 amide bonds. The number of thiophene rings is 1. The average molecular weight is 490 g/mol. The van der Waals surface area contributed by atoms with Gasteiger partial charge in [-0.3, -0.25) is 14.5 Å². The molecule has 33 heavy (non-hydrogen) atoms. The van der Waals surface area contributed by atoms with Crippen molar-refractivity contribution in [3.8, 4) is 16.2 Å². The number of aromatic nitrogens is 1. The summed E-state index contributed by atoms with van der Waals surface area (Å²) >= 11 is 0.935. The Labute approximate surface area is 190 Å². The molecule has 11 heteroatoms. The Balaban J connectivity index is 1.62. The summed E-state index contributed by atoms with van der Waals surface area (Å²) in [5.74, 6) is -7.39. The highest BCUT2D eigenvalue weighted by atomic mass is 32.2. The number of nitrogens with zero attached hydrogens (tertiary/aromatic N) is 1. The molecule has 0 saturated heterocycles. The molecule has 4 aromatic rings. The maximum atomic E-state index is 14.1. The van der Waals surface area contributed by atoms with Gasteiger partial charge in [-0.05, 0) is 48.0 Å². The van der Waals surface area contributed by atoms with E-state index >= 15 is 0 Å². The third-order valence-electron chi connectivity index (χ3n) is 4.55. The number of carbonyl (C=O) groups excluding carboxylic acids is 1. The van der Waals surface area contributed by atoms with Crippen LogP contribution in [-0.2, 0) is 10.0 Å². The summed E-state index contributed by atoms with van der Waals surface area (Å²) < 4.78 is 68.4. The number of phenols is 1. The third-order valence-corrected chi connectivity index (χ3v) is 7.05. The Morgan fingerprint density at radius 2 is 1.79 bits per heavy atom. The van der Waals surface area contributed by atoms with Crippen molar-refractivity contribution in [3.63, 3.8) is 0 Å². The Morgan fingerprint density at radius 3 is 2.52 bits per heavy atom. The lowest BCUT2D eigenvalue weighted by Crippen LogP contribution is -2.13. The van der Waals surface area contributed by atoms with Crippen LogP contribution in [0, 0.1) is 17.5 Å². The Morgan fingerprint density at radius 1 is 1.00 bits per heavy atom. The van der Waals surface area contributed by atoms with Crippen molar-refractivity contribution in [1.29, 1.82) is 0 Å². The number of hydrogen-bond donors (Lipinski definition) is 2. The summed E-state index contributed by atoms with van der Waals surface area (Å²) in [7, 11) is -3.87. The van der Waals surface area contributed by atoms with Gasteiger partial charge in [-0.25, -0.2) is 17.2 Å². The molecule has 0 atom stereocenters. The van der Waals surface area contributed by atoms with Crippen LogP contribution in [0.15, 0.2) is 71.9 Å². The highest BCUT2D eigenvalue weighted by Crippen LogP contribution is 2.33. The smallest absolute Gasteiger partial charge is 0.263 e. The first-order valence-electron chi connectivity index (χ1n) is 9.21. The summed E-state index contributed by atoms with van der Waals surface area (Å²) in [5.41, 5.74) is 0.00558. The Bertz CT molecular complexity index is 1470. The van der Waals surface area contributed by atoms with Crippen LogP contribution in [0.25, 0.3) is 10.4 Å². The molecule has 4 rings (SSSR count). The minimum absolute atomic E-state index is 0.00986. The molecule has 2 aromatic heterocycles. The molecule has 0 bridgehead atoms. The van der Waals surface area contributed by atoms with Crippen LogP contribution in [0.1, 0.15) is 15.2 Å². The molecule has 0 aliphatic carbocycles. The van der Waals surface area contributed by atoms with E-state index < -0.39 is 44.6 Å². The van der Waals surface area contributed by atoms with Crippen LogP contribution in [0.3, 0.4) is 0 Å². The molecular weight excluding hydrogens is 477 g/mol. The number of nitrogens with one attached hydrogen (secondary N) is 1. The number of aromatic hydroxyl groups is 1. The molecule has 2 aromatic carbocycles. The predicted octanol–water partition coefficient (Wildman–Crippen LogP) is 4.96. The zero-order chi connectivity index (χ0) is 23.8. The van der Waals surface area contributed by atoms with Crippen molar-refractivity contribution in [1.82, 2.24) is 4.98 Å². The van der Waals surface area contributed by atoms with Gasteiger partial charge in [-0.2, -0.15) is 4.39 Å². The minimum Gasteiger partial charge on any atom is -0.503 e. The molecule has 0 radical (unpaired) electrons. The van der Waals surface area contributed by atoms with Crippen molar-refractivity contribution in [2.24, 2.45) is 0 Å². The van der Waals surface area contributed by atoms with E-state index in [-0.39, 0.29) is 15.5 Å². The molecule has 2 heterocycles.